The molecule has 502 valence electrons. The van der Waals surface area contributed by atoms with Crippen molar-refractivity contribution in [3.05, 3.63) is 97.2 Å². The predicted octanol–water partition coefficient (Wildman–Crippen LogP) is 18.3. The third-order valence-electron chi connectivity index (χ3n) is 13.8. The van der Waals surface area contributed by atoms with Crippen LogP contribution in [0.5, 0.6) is 0 Å². The summed E-state index contributed by atoms with van der Waals surface area (Å²) < 4.78 is 60.8. The largest absolute Gasteiger partial charge is 0.472 e. The Balaban J connectivity index is 4.59. The molecule has 0 aliphatic heterocycles. The first kappa shape index (κ1) is 83.5. The second-order valence-electron chi connectivity index (χ2n) is 22.2. The van der Waals surface area contributed by atoms with Gasteiger partial charge in [-0.1, -0.05) is 221 Å². The van der Waals surface area contributed by atoms with Crippen LogP contribution in [0.2, 0.25) is 0 Å². The maximum absolute atomic E-state index is 12.9. The summed E-state index contributed by atoms with van der Waals surface area (Å²) >= 11 is 0. The maximum atomic E-state index is 12.9. The van der Waals surface area contributed by atoms with Gasteiger partial charge >= 0.3 is 33.6 Å². The van der Waals surface area contributed by atoms with Crippen molar-refractivity contribution in [3.8, 4) is 0 Å². The van der Waals surface area contributed by atoms with Gasteiger partial charge in [0.1, 0.15) is 25.4 Å². The van der Waals surface area contributed by atoms with Crippen LogP contribution in [-0.2, 0) is 55.8 Å². The number of phosphoric acid groups is 2. The minimum Gasteiger partial charge on any atom is -0.463 e. The highest BCUT2D eigenvalue weighted by Gasteiger charge is 2.29. The first-order chi connectivity index (χ1) is 42.2. The second-order valence-corrected chi connectivity index (χ2v) is 25.1. The number of unbranched alkanes of at least 4 members (excludes halogenated alkanes) is 24. The Labute approximate surface area is 527 Å². The third kappa shape index (κ3) is 63.8. The fourth-order valence-electron chi connectivity index (χ4n) is 8.62. The quantitative estimate of drug-likeness (QED) is 0.0146. The summed E-state index contributed by atoms with van der Waals surface area (Å²) in [4.78, 5) is 58.3. The van der Waals surface area contributed by atoms with Crippen molar-refractivity contribution in [2.24, 2.45) is 0 Å². The number of hydrogen-bond acceptors (Lipinski definition) is 14. The summed E-state index contributed by atoms with van der Waals surface area (Å²) in [7, 11) is -9.78. The normalized spacial score (nSPS) is 14.9. The molecule has 18 heteroatoms. The number of hydrogen-bond donors (Lipinski definition) is 4. The smallest absolute Gasteiger partial charge is 0.463 e. The molecule has 0 aromatic carbocycles. The lowest BCUT2D eigenvalue weighted by molar-refractivity contribution is -0.161. The molecule has 0 aliphatic rings. The molecule has 5 atom stereocenters. The van der Waals surface area contributed by atoms with E-state index in [9.17, 15) is 43.5 Å². The Hall–Kier alpha value is -3.53. The second kappa shape index (κ2) is 62.7. The Bertz CT molecular complexity index is 1980. The Morgan fingerprint density at radius 2 is 0.609 bits per heavy atom. The summed E-state index contributed by atoms with van der Waals surface area (Å²) in [6, 6.07) is 0. The van der Waals surface area contributed by atoms with Crippen LogP contribution in [0, 0.1) is 0 Å². The highest BCUT2D eigenvalue weighted by Crippen LogP contribution is 2.45. The number of aliphatic hydroxyl groups excluding tert-OH is 2. The van der Waals surface area contributed by atoms with E-state index < -0.39 is 91.5 Å². The number of allylic oxidation sites excluding steroid dienone is 16. The number of carbonyl (C=O) groups is 3. The van der Waals surface area contributed by atoms with Gasteiger partial charge in [-0.3, -0.25) is 32.5 Å². The number of carbonyl (C=O) groups excluding carboxylic acids is 3. The molecule has 0 aromatic rings. The number of aliphatic hydroxyl groups is 2. The molecule has 0 radical (unpaired) electrons. The zero-order valence-corrected chi connectivity index (χ0v) is 56.0. The SMILES string of the molecule is CC/C=C\C/C=C\C/C=C\C/C=C\C/C=C\CCCCCCCCCC(=O)OCC(O)COP(=O)(O)OCC(O)COP(=O)(O)OCC(COC(=O)CCCCCCC/C=C\C/C=C\CCCCC)OC(=O)CCCCCCC/C=C\CCCCCC. The molecule has 0 saturated heterocycles. The highest BCUT2D eigenvalue weighted by atomic mass is 31.2. The van der Waals surface area contributed by atoms with Crippen LogP contribution in [-0.4, -0.2) is 95.9 Å². The Morgan fingerprint density at radius 1 is 0.333 bits per heavy atom. The molecule has 0 heterocycles. The van der Waals surface area contributed by atoms with Crippen LogP contribution < -0.4 is 0 Å². The van der Waals surface area contributed by atoms with E-state index in [4.69, 9.17) is 32.3 Å². The van der Waals surface area contributed by atoms with E-state index in [2.05, 4.69) is 118 Å². The standard InChI is InChI=1S/C69H120O16P2/c1-4-7-10-13-16-19-22-25-27-28-29-30-31-32-33-34-36-39-40-43-46-49-52-55-67(72)79-58-64(70)59-81-86(75,76)82-60-65(71)61-83-87(77,78)84-63-66(85-69(74)57-54-51-48-45-42-37-24-21-18-15-12-9-6-3)62-80-68(73)56-53-50-47-44-41-38-35-26-23-20-17-14-11-8-5-2/h7,10,16-17,19-21,24-27,29-30,32-33,35,64-66,70-71H,4-6,8-9,11-15,18,22-23,28,31,34,36-63H2,1-3H3,(H,75,76)(H,77,78)/b10-7-,19-16-,20-17-,24-21-,27-25-,30-29-,33-32-,35-26-. The van der Waals surface area contributed by atoms with Gasteiger partial charge in [-0.2, -0.15) is 0 Å². The van der Waals surface area contributed by atoms with Crippen molar-refractivity contribution in [1.29, 1.82) is 0 Å². The van der Waals surface area contributed by atoms with Gasteiger partial charge in [0.05, 0.1) is 26.4 Å². The summed E-state index contributed by atoms with van der Waals surface area (Å²) in [6.07, 6.45) is 67.5. The van der Waals surface area contributed by atoms with E-state index in [-0.39, 0.29) is 19.3 Å². The van der Waals surface area contributed by atoms with Crippen molar-refractivity contribution in [2.75, 3.05) is 39.6 Å². The first-order valence-corrected chi connectivity index (χ1v) is 36.5. The van der Waals surface area contributed by atoms with Crippen LogP contribution in [0.15, 0.2) is 97.2 Å². The summed E-state index contributed by atoms with van der Waals surface area (Å²) in [5.74, 6) is -1.61. The molecular weight excluding hydrogens is 1150 g/mol. The molecule has 0 saturated carbocycles. The monoisotopic (exact) mass is 1270 g/mol. The van der Waals surface area contributed by atoms with E-state index in [1.807, 2.05) is 0 Å². The van der Waals surface area contributed by atoms with Crippen LogP contribution in [0.3, 0.4) is 0 Å². The number of phosphoric ester groups is 2. The van der Waals surface area contributed by atoms with Crippen molar-refractivity contribution in [2.45, 2.75) is 283 Å². The molecular formula is C69H120O16P2. The molecule has 4 N–H and O–H groups in total. The van der Waals surface area contributed by atoms with Crippen molar-refractivity contribution in [3.63, 3.8) is 0 Å². The molecule has 0 fully saturated rings. The van der Waals surface area contributed by atoms with Crippen LogP contribution in [0.1, 0.15) is 265 Å². The minimum absolute atomic E-state index is 0.0912. The molecule has 0 bridgehead atoms. The zero-order chi connectivity index (χ0) is 63.8. The number of ether oxygens (including phenoxy) is 3. The van der Waals surface area contributed by atoms with Gasteiger partial charge in [0, 0.05) is 19.3 Å². The van der Waals surface area contributed by atoms with Gasteiger partial charge in [0.25, 0.3) is 0 Å². The lowest BCUT2D eigenvalue weighted by Gasteiger charge is -2.21. The Morgan fingerprint density at radius 3 is 1.00 bits per heavy atom. The molecule has 0 rings (SSSR count). The topological polar surface area (TPSA) is 231 Å². The lowest BCUT2D eigenvalue weighted by atomic mass is 10.1. The van der Waals surface area contributed by atoms with E-state index in [0.717, 1.165) is 161 Å². The third-order valence-corrected chi connectivity index (χ3v) is 15.7. The van der Waals surface area contributed by atoms with Crippen molar-refractivity contribution in [1.82, 2.24) is 0 Å². The number of esters is 3. The van der Waals surface area contributed by atoms with Crippen molar-refractivity contribution < 1.29 is 75.8 Å². The zero-order valence-electron chi connectivity index (χ0n) is 54.2. The molecule has 87 heavy (non-hydrogen) atoms. The fourth-order valence-corrected chi connectivity index (χ4v) is 10.2. The van der Waals surface area contributed by atoms with E-state index >= 15 is 0 Å². The van der Waals surface area contributed by atoms with Gasteiger partial charge in [-0.05, 0) is 122 Å². The predicted molar refractivity (Wildman–Crippen MR) is 353 cm³/mol. The van der Waals surface area contributed by atoms with Crippen molar-refractivity contribution >= 4 is 33.6 Å². The average Bonchev–Trinajstić information content (AvgIpc) is 3.63. The summed E-state index contributed by atoms with van der Waals surface area (Å²) in [6.45, 7) is 2.47. The maximum Gasteiger partial charge on any atom is 0.472 e. The van der Waals surface area contributed by atoms with Crippen LogP contribution in [0.4, 0.5) is 0 Å². The van der Waals surface area contributed by atoms with Gasteiger partial charge in [-0.15, -0.1) is 0 Å². The molecule has 0 aromatic heterocycles. The average molecular weight is 1270 g/mol. The van der Waals surface area contributed by atoms with E-state index in [0.29, 0.717) is 19.3 Å². The first-order valence-electron chi connectivity index (χ1n) is 33.5. The van der Waals surface area contributed by atoms with Gasteiger partial charge < -0.3 is 34.2 Å². The molecule has 16 nitrogen and oxygen atoms in total. The summed E-state index contributed by atoms with van der Waals surface area (Å²) in [5.41, 5.74) is 0. The minimum atomic E-state index is -4.92. The number of rotatable bonds is 63. The van der Waals surface area contributed by atoms with Gasteiger partial charge in [0.2, 0.25) is 0 Å². The van der Waals surface area contributed by atoms with Crippen LogP contribution in [0.25, 0.3) is 0 Å². The molecule has 0 amide bonds. The molecule has 5 unspecified atom stereocenters. The van der Waals surface area contributed by atoms with Gasteiger partial charge in [0.15, 0.2) is 6.10 Å². The Kier molecular flexibility index (Phi) is 60.1. The van der Waals surface area contributed by atoms with Crippen LogP contribution >= 0.6 is 15.6 Å². The van der Waals surface area contributed by atoms with Gasteiger partial charge in [-0.25, -0.2) is 9.13 Å². The lowest BCUT2D eigenvalue weighted by Crippen LogP contribution is -2.30. The fraction of sp³-hybridized carbons (Fsp3) is 0.725. The van der Waals surface area contributed by atoms with E-state index in [1.165, 1.54) is 44.9 Å². The summed E-state index contributed by atoms with van der Waals surface area (Å²) in [5, 5.41) is 20.5. The molecule has 0 aliphatic carbocycles. The van der Waals surface area contributed by atoms with E-state index in [1.54, 1.807) is 0 Å². The highest BCUT2D eigenvalue weighted by molar-refractivity contribution is 7.47. The molecule has 0 spiro atoms.